The largest absolute Gasteiger partial charge is 0.330 e. The second kappa shape index (κ2) is 3.08. The zero-order valence-electron chi connectivity index (χ0n) is 5.40. The van der Waals surface area contributed by atoms with E-state index in [1.54, 1.807) is 0 Å². The molecular weight excluding hydrogens is 98.1 g/mol. The molecular formula is C7H15N. The lowest BCUT2D eigenvalue weighted by atomic mass is 10.5. The van der Waals surface area contributed by atoms with Crippen molar-refractivity contribution in [2.45, 2.75) is 32.1 Å². The monoisotopic (exact) mass is 113 g/mol. The minimum Gasteiger partial charge on any atom is -0.330 e. The maximum absolute atomic E-state index is 5.23. The van der Waals surface area contributed by atoms with Crippen molar-refractivity contribution >= 4 is 0 Å². The van der Waals surface area contributed by atoms with Crippen molar-refractivity contribution in [3.63, 3.8) is 0 Å². The Hall–Kier alpha value is -0.0400. The lowest BCUT2D eigenvalue weighted by Gasteiger charge is -1.74. The Bertz CT molecular complexity index is 52.7. The topological polar surface area (TPSA) is 26.0 Å². The van der Waals surface area contributed by atoms with Gasteiger partial charge in [0, 0.05) is 0 Å². The summed E-state index contributed by atoms with van der Waals surface area (Å²) in [5.74, 6) is 0.912. The van der Waals surface area contributed by atoms with E-state index < -0.39 is 0 Å². The van der Waals surface area contributed by atoms with Crippen LogP contribution in [0.15, 0.2) is 0 Å². The van der Waals surface area contributed by atoms with E-state index in [9.17, 15) is 0 Å². The van der Waals surface area contributed by atoms with Gasteiger partial charge in [0.05, 0.1) is 0 Å². The molecule has 1 heteroatoms. The van der Waals surface area contributed by atoms with Gasteiger partial charge in [-0.2, -0.15) is 0 Å². The van der Waals surface area contributed by atoms with E-state index in [1.165, 1.54) is 32.1 Å². The lowest BCUT2D eigenvalue weighted by Crippen LogP contribution is -1.98. The molecule has 2 fully saturated rings. The van der Waals surface area contributed by atoms with Crippen molar-refractivity contribution in [1.82, 2.24) is 0 Å². The van der Waals surface area contributed by atoms with E-state index in [4.69, 9.17) is 5.73 Å². The van der Waals surface area contributed by atoms with Crippen LogP contribution in [-0.4, -0.2) is 6.54 Å². The molecule has 2 aliphatic carbocycles. The van der Waals surface area contributed by atoms with E-state index in [2.05, 4.69) is 0 Å². The standard InChI is InChI=1S/C4H9N.C3H6/c5-3-4-1-2-4;1-2-3-1/h4H,1-3,5H2;1-3H2. The van der Waals surface area contributed by atoms with Gasteiger partial charge in [0.25, 0.3) is 0 Å². The fourth-order valence-electron chi connectivity index (χ4n) is 0.354. The molecule has 0 saturated heterocycles. The molecule has 0 amide bonds. The van der Waals surface area contributed by atoms with Gasteiger partial charge in [0.2, 0.25) is 0 Å². The highest BCUT2D eigenvalue weighted by atomic mass is 14.6. The fourth-order valence-corrected chi connectivity index (χ4v) is 0.354. The minimum atomic E-state index is 0.912. The molecule has 0 unspecified atom stereocenters. The van der Waals surface area contributed by atoms with Gasteiger partial charge >= 0.3 is 0 Å². The van der Waals surface area contributed by atoms with Crippen LogP contribution in [0.1, 0.15) is 32.1 Å². The summed E-state index contributed by atoms with van der Waals surface area (Å²) in [4.78, 5) is 0. The average Bonchev–Trinajstić information content (AvgIpc) is 2.65. The van der Waals surface area contributed by atoms with Gasteiger partial charge in [-0.25, -0.2) is 0 Å². The van der Waals surface area contributed by atoms with Gasteiger partial charge in [-0.3, -0.25) is 0 Å². The Balaban J connectivity index is 0.0000000907. The Morgan fingerprint density at radius 1 is 1.12 bits per heavy atom. The summed E-state index contributed by atoms with van der Waals surface area (Å²) in [5.41, 5.74) is 5.23. The molecule has 0 aliphatic heterocycles. The molecule has 2 rings (SSSR count). The van der Waals surface area contributed by atoms with Crippen LogP contribution in [0.25, 0.3) is 0 Å². The van der Waals surface area contributed by atoms with E-state index >= 15 is 0 Å². The first-order valence-corrected chi connectivity index (χ1v) is 3.63. The Morgan fingerprint density at radius 2 is 1.62 bits per heavy atom. The van der Waals surface area contributed by atoms with Crippen LogP contribution in [0, 0.1) is 5.92 Å². The van der Waals surface area contributed by atoms with E-state index in [1.807, 2.05) is 0 Å². The highest BCUT2D eigenvalue weighted by molar-refractivity contribution is 4.72. The van der Waals surface area contributed by atoms with Crippen molar-refractivity contribution in [2.24, 2.45) is 11.7 Å². The third-order valence-electron chi connectivity index (χ3n) is 1.38. The number of rotatable bonds is 1. The predicted octanol–water partition coefficient (Wildman–Crippen LogP) is 1.53. The summed E-state index contributed by atoms with van der Waals surface area (Å²) in [6.07, 6.45) is 7.27. The SMILES string of the molecule is C1CC1.NCC1CC1. The molecule has 0 radical (unpaired) electrons. The fraction of sp³-hybridized carbons (Fsp3) is 1.00. The van der Waals surface area contributed by atoms with Gasteiger partial charge in [-0.1, -0.05) is 19.3 Å². The zero-order chi connectivity index (χ0) is 5.82. The van der Waals surface area contributed by atoms with E-state index in [0.717, 1.165) is 12.5 Å². The quantitative estimate of drug-likeness (QED) is 0.548. The van der Waals surface area contributed by atoms with Crippen LogP contribution in [-0.2, 0) is 0 Å². The molecule has 48 valence electrons. The Kier molecular flexibility index (Phi) is 2.34. The number of hydrogen-bond acceptors (Lipinski definition) is 1. The smallest absolute Gasteiger partial charge is 0.00489 e. The summed E-state index contributed by atoms with van der Waals surface area (Å²) < 4.78 is 0. The van der Waals surface area contributed by atoms with Crippen molar-refractivity contribution in [2.75, 3.05) is 6.54 Å². The molecule has 0 aromatic carbocycles. The number of hydrogen-bond donors (Lipinski definition) is 1. The van der Waals surface area contributed by atoms with Gasteiger partial charge in [0.15, 0.2) is 0 Å². The zero-order valence-corrected chi connectivity index (χ0v) is 5.40. The Morgan fingerprint density at radius 3 is 1.62 bits per heavy atom. The molecule has 0 heterocycles. The first kappa shape index (κ1) is 6.09. The van der Waals surface area contributed by atoms with Crippen LogP contribution >= 0.6 is 0 Å². The summed E-state index contributed by atoms with van der Waals surface area (Å²) in [5, 5.41) is 0. The predicted molar refractivity (Wildman–Crippen MR) is 35.6 cm³/mol. The van der Waals surface area contributed by atoms with Crippen molar-refractivity contribution < 1.29 is 0 Å². The maximum atomic E-state index is 5.23. The van der Waals surface area contributed by atoms with Gasteiger partial charge in [-0.15, -0.1) is 0 Å². The van der Waals surface area contributed by atoms with Gasteiger partial charge < -0.3 is 5.73 Å². The molecule has 1 nitrogen and oxygen atoms in total. The van der Waals surface area contributed by atoms with Crippen molar-refractivity contribution in [3.05, 3.63) is 0 Å². The highest BCUT2D eigenvalue weighted by Gasteiger charge is 2.17. The maximum Gasteiger partial charge on any atom is -0.00489 e. The summed E-state index contributed by atoms with van der Waals surface area (Å²) in [6.45, 7) is 0.917. The molecule has 0 spiro atoms. The van der Waals surface area contributed by atoms with E-state index in [-0.39, 0.29) is 0 Å². The summed E-state index contributed by atoms with van der Waals surface area (Å²) in [7, 11) is 0. The second-order valence-corrected chi connectivity index (χ2v) is 2.74. The first-order valence-electron chi connectivity index (χ1n) is 3.63. The highest BCUT2D eigenvalue weighted by Crippen LogP contribution is 2.26. The molecule has 2 N–H and O–H groups in total. The van der Waals surface area contributed by atoms with Crippen LogP contribution in [0.2, 0.25) is 0 Å². The molecule has 0 bridgehead atoms. The second-order valence-electron chi connectivity index (χ2n) is 2.74. The third-order valence-corrected chi connectivity index (χ3v) is 1.38. The first-order chi connectivity index (χ1) is 3.93. The normalized spacial score (nSPS) is 23.6. The van der Waals surface area contributed by atoms with Gasteiger partial charge in [0.1, 0.15) is 0 Å². The minimum absolute atomic E-state index is 0.912. The molecule has 0 aromatic heterocycles. The summed E-state index contributed by atoms with van der Waals surface area (Å²) >= 11 is 0. The van der Waals surface area contributed by atoms with Crippen molar-refractivity contribution in [1.29, 1.82) is 0 Å². The van der Waals surface area contributed by atoms with Crippen LogP contribution in [0.3, 0.4) is 0 Å². The molecule has 8 heavy (non-hydrogen) atoms. The molecule has 2 saturated carbocycles. The lowest BCUT2D eigenvalue weighted by molar-refractivity contribution is 0.847. The summed E-state index contributed by atoms with van der Waals surface area (Å²) in [6, 6.07) is 0. The number of nitrogens with two attached hydrogens (primary N) is 1. The van der Waals surface area contributed by atoms with Crippen LogP contribution in [0.4, 0.5) is 0 Å². The third kappa shape index (κ3) is 4.13. The molecule has 0 aromatic rings. The molecule has 0 atom stereocenters. The van der Waals surface area contributed by atoms with Crippen LogP contribution < -0.4 is 5.73 Å². The van der Waals surface area contributed by atoms with Crippen LogP contribution in [0.5, 0.6) is 0 Å². The van der Waals surface area contributed by atoms with Gasteiger partial charge in [-0.05, 0) is 25.3 Å². The molecule has 2 aliphatic rings. The average molecular weight is 113 g/mol. The Labute approximate surface area is 51.3 Å². The van der Waals surface area contributed by atoms with Crippen molar-refractivity contribution in [3.8, 4) is 0 Å². The van der Waals surface area contributed by atoms with E-state index in [0.29, 0.717) is 0 Å².